The summed E-state index contributed by atoms with van der Waals surface area (Å²) in [6.07, 6.45) is 2.86. The zero-order chi connectivity index (χ0) is 28.2. The van der Waals surface area contributed by atoms with Crippen LogP contribution >= 0.6 is 11.6 Å². The molecule has 2 aromatic rings. The number of benzene rings is 1. The Balaban J connectivity index is 1.37. The molecule has 1 aromatic carbocycles. The van der Waals surface area contributed by atoms with Crippen LogP contribution in [0.1, 0.15) is 46.2 Å². The molecule has 0 spiro atoms. The van der Waals surface area contributed by atoms with Crippen LogP contribution in [0, 0.1) is 0 Å². The summed E-state index contributed by atoms with van der Waals surface area (Å²) in [6.45, 7) is 13.9. The Bertz CT molecular complexity index is 1140. The number of carbonyl (C=O) groups is 1. The van der Waals surface area contributed by atoms with Crippen LogP contribution in [0.15, 0.2) is 24.4 Å². The van der Waals surface area contributed by atoms with Crippen molar-refractivity contribution in [3.8, 4) is 5.75 Å². The number of halogens is 1. The van der Waals surface area contributed by atoms with Gasteiger partial charge in [0.05, 0.1) is 29.7 Å². The number of likely N-dealkylation sites (N-methyl/N-ethyl adjacent to an activating group) is 1. The molecule has 0 saturated carbocycles. The molecular weight excluding hydrogens is 518 g/mol. The number of aromatic nitrogens is 2. The van der Waals surface area contributed by atoms with Crippen molar-refractivity contribution in [2.24, 2.45) is 0 Å². The van der Waals surface area contributed by atoms with Crippen LogP contribution in [-0.4, -0.2) is 90.4 Å². The topological polar surface area (TPSA) is 95.1 Å². The lowest BCUT2D eigenvalue weighted by Crippen LogP contribution is -2.54. The van der Waals surface area contributed by atoms with Gasteiger partial charge in [0.1, 0.15) is 11.4 Å². The first-order valence-corrected chi connectivity index (χ1v) is 13.9. The maximum absolute atomic E-state index is 12.3. The average Bonchev–Trinajstić information content (AvgIpc) is 2.87. The van der Waals surface area contributed by atoms with Crippen LogP contribution in [0.25, 0.3) is 0 Å². The Kier molecular flexibility index (Phi) is 9.08. The molecular formula is C28H42ClN7O3. The fourth-order valence-corrected chi connectivity index (χ4v) is 4.98. The minimum absolute atomic E-state index is 0.312. The van der Waals surface area contributed by atoms with Crippen molar-refractivity contribution in [1.29, 1.82) is 0 Å². The Morgan fingerprint density at radius 3 is 2.46 bits per heavy atom. The number of likely N-dealkylation sites (tertiary alicyclic amines) is 1. The highest BCUT2D eigenvalue weighted by Gasteiger charge is 2.33. The summed E-state index contributed by atoms with van der Waals surface area (Å²) in [5.74, 6) is 1.20. The van der Waals surface area contributed by atoms with Gasteiger partial charge < -0.3 is 29.9 Å². The van der Waals surface area contributed by atoms with E-state index in [9.17, 15) is 4.79 Å². The van der Waals surface area contributed by atoms with E-state index in [1.54, 1.807) is 13.3 Å². The molecule has 3 heterocycles. The van der Waals surface area contributed by atoms with Crippen LogP contribution in [-0.2, 0) is 11.3 Å². The highest BCUT2D eigenvalue weighted by atomic mass is 35.5. The third kappa shape index (κ3) is 8.09. The summed E-state index contributed by atoms with van der Waals surface area (Å²) in [5.41, 5.74) is 1.86. The molecule has 0 radical (unpaired) electrons. The smallest absolute Gasteiger partial charge is 0.408 e. The van der Waals surface area contributed by atoms with Crippen LogP contribution in [0.3, 0.4) is 0 Å². The maximum Gasteiger partial charge on any atom is 0.408 e. The second-order valence-electron chi connectivity index (χ2n) is 11.8. The second kappa shape index (κ2) is 12.1. The number of amides is 1. The summed E-state index contributed by atoms with van der Waals surface area (Å²) in [4.78, 5) is 28.4. The second-order valence-corrected chi connectivity index (χ2v) is 12.2. The molecule has 2 fully saturated rings. The first-order valence-electron chi connectivity index (χ1n) is 13.6. The summed E-state index contributed by atoms with van der Waals surface area (Å²) in [6, 6.07) is 6.16. The molecule has 1 aromatic heterocycles. The fraction of sp³-hybridized carbons (Fsp3) is 0.607. The van der Waals surface area contributed by atoms with Gasteiger partial charge in [-0.2, -0.15) is 0 Å². The summed E-state index contributed by atoms with van der Waals surface area (Å²) in [7, 11) is 3.82. The first kappa shape index (κ1) is 29.2. The van der Waals surface area contributed by atoms with Crippen LogP contribution < -0.4 is 20.3 Å². The molecule has 2 saturated heterocycles. The maximum atomic E-state index is 12.3. The third-order valence-electron chi connectivity index (χ3n) is 7.25. The van der Waals surface area contributed by atoms with Gasteiger partial charge in [-0.1, -0.05) is 11.6 Å². The van der Waals surface area contributed by atoms with E-state index in [1.165, 1.54) is 0 Å². The average molecular weight is 560 g/mol. The number of hydrogen-bond acceptors (Lipinski definition) is 9. The Morgan fingerprint density at radius 1 is 1.13 bits per heavy atom. The number of carbonyl (C=O) groups excluding carboxylic acids is 1. The molecule has 0 atom stereocenters. The molecule has 0 unspecified atom stereocenters. The minimum Gasteiger partial charge on any atom is -0.494 e. The lowest BCUT2D eigenvalue weighted by molar-refractivity contribution is 0.0401. The van der Waals surface area contributed by atoms with E-state index in [1.807, 2.05) is 26.8 Å². The quantitative estimate of drug-likeness (QED) is 0.508. The van der Waals surface area contributed by atoms with E-state index in [0.717, 1.165) is 74.9 Å². The molecule has 0 aliphatic carbocycles. The van der Waals surface area contributed by atoms with E-state index in [2.05, 4.69) is 56.4 Å². The van der Waals surface area contributed by atoms with Gasteiger partial charge in [0, 0.05) is 63.1 Å². The van der Waals surface area contributed by atoms with Crippen molar-refractivity contribution < 1.29 is 14.3 Å². The summed E-state index contributed by atoms with van der Waals surface area (Å²) < 4.78 is 11.1. The van der Waals surface area contributed by atoms with Crippen molar-refractivity contribution in [3.63, 3.8) is 0 Å². The number of anilines is 3. The molecule has 2 N–H and O–H groups in total. The standard InChI is InChI=1S/C28H42ClN7O3/c1-27(2,3)39-26(37)33-28(4)9-11-35(12-10-28)19-23-21(29)18-30-25(32-23)31-22-8-7-20(17-24(22)38-6)36-15-13-34(5)14-16-36/h7-8,17-18H,9-16,19H2,1-6H3,(H,33,37)(H,30,31,32). The SMILES string of the molecule is COc1cc(N2CCN(C)CC2)ccc1Nc1ncc(Cl)c(CN2CCC(C)(NC(=O)OC(C)(C)C)CC2)n1. The zero-order valence-corrected chi connectivity index (χ0v) is 24.8. The molecule has 0 bridgehead atoms. The van der Waals surface area contributed by atoms with Gasteiger partial charge in [0.25, 0.3) is 0 Å². The van der Waals surface area contributed by atoms with Crippen LogP contribution in [0.2, 0.25) is 5.02 Å². The fourth-order valence-electron chi connectivity index (χ4n) is 4.83. The van der Waals surface area contributed by atoms with Crippen LogP contribution in [0.5, 0.6) is 5.75 Å². The van der Waals surface area contributed by atoms with Crippen LogP contribution in [0.4, 0.5) is 22.1 Å². The molecule has 2 aliphatic rings. The van der Waals surface area contributed by atoms with Gasteiger partial charge in [-0.3, -0.25) is 4.90 Å². The molecule has 4 rings (SSSR count). The highest BCUT2D eigenvalue weighted by Crippen LogP contribution is 2.32. The Morgan fingerprint density at radius 2 is 1.82 bits per heavy atom. The Labute approximate surface area is 237 Å². The van der Waals surface area contributed by atoms with Crippen molar-refractivity contribution >= 4 is 35.0 Å². The number of piperazine rings is 1. The third-order valence-corrected chi connectivity index (χ3v) is 7.57. The Hall–Kier alpha value is -2.82. The molecule has 214 valence electrons. The highest BCUT2D eigenvalue weighted by molar-refractivity contribution is 6.31. The predicted octanol–water partition coefficient (Wildman–Crippen LogP) is 4.51. The van der Waals surface area contributed by atoms with E-state index >= 15 is 0 Å². The number of nitrogens with one attached hydrogen (secondary N) is 2. The van der Waals surface area contributed by atoms with E-state index in [0.29, 0.717) is 17.5 Å². The predicted molar refractivity (Wildman–Crippen MR) is 155 cm³/mol. The number of methoxy groups -OCH3 is 1. The van der Waals surface area contributed by atoms with Gasteiger partial charge in [0.2, 0.25) is 5.95 Å². The van der Waals surface area contributed by atoms with Gasteiger partial charge in [-0.15, -0.1) is 0 Å². The van der Waals surface area contributed by atoms with Gasteiger partial charge in [0.15, 0.2) is 0 Å². The van der Waals surface area contributed by atoms with Gasteiger partial charge >= 0.3 is 6.09 Å². The first-order chi connectivity index (χ1) is 18.4. The molecule has 1 amide bonds. The normalized spacial score (nSPS) is 18.5. The zero-order valence-electron chi connectivity index (χ0n) is 24.0. The van der Waals surface area contributed by atoms with Crippen molar-refractivity contribution in [1.82, 2.24) is 25.1 Å². The number of rotatable bonds is 7. The van der Waals surface area contributed by atoms with Gasteiger partial charge in [-0.25, -0.2) is 14.8 Å². The lowest BCUT2D eigenvalue weighted by atomic mass is 9.89. The van der Waals surface area contributed by atoms with Gasteiger partial charge in [-0.05, 0) is 59.7 Å². The monoisotopic (exact) mass is 559 g/mol. The van der Waals surface area contributed by atoms with E-state index in [4.69, 9.17) is 26.1 Å². The number of ether oxygens (including phenoxy) is 2. The van der Waals surface area contributed by atoms with Crippen molar-refractivity contribution in [2.45, 2.75) is 58.2 Å². The van der Waals surface area contributed by atoms with E-state index in [-0.39, 0.29) is 11.6 Å². The lowest BCUT2D eigenvalue weighted by Gasteiger charge is -2.40. The molecule has 2 aliphatic heterocycles. The number of nitrogens with zero attached hydrogens (tertiary/aromatic N) is 5. The number of piperidine rings is 1. The summed E-state index contributed by atoms with van der Waals surface area (Å²) in [5, 5.41) is 6.89. The van der Waals surface area contributed by atoms with E-state index < -0.39 is 5.60 Å². The molecule has 10 nitrogen and oxygen atoms in total. The number of alkyl carbamates (subject to hydrolysis) is 1. The molecule has 39 heavy (non-hydrogen) atoms. The summed E-state index contributed by atoms with van der Waals surface area (Å²) >= 11 is 6.49. The largest absolute Gasteiger partial charge is 0.494 e. The molecule has 11 heteroatoms. The van der Waals surface area contributed by atoms with Crippen molar-refractivity contribution in [3.05, 3.63) is 35.1 Å². The number of hydrogen-bond donors (Lipinski definition) is 2. The minimum atomic E-state index is -0.521. The van der Waals surface area contributed by atoms with Crippen molar-refractivity contribution in [2.75, 3.05) is 63.6 Å².